The predicted molar refractivity (Wildman–Crippen MR) is 103 cm³/mol. The normalized spacial score (nSPS) is 15.9. The summed E-state index contributed by atoms with van der Waals surface area (Å²) in [6.07, 6.45) is 5.47. The second-order valence-electron chi connectivity index (χ2n) is 5.67. The van der Waals surface area contributed by atoms with E-state index in [2.05, 4.69) is 10.3 Å². The van der Waals surface area contributed by atoms with E-state index in [-0.39, 0.29) is 36.8 Å². The number of aromatic nitrogens is 1. The molecule has 0 bridgehead atoms. The summed E-state index contributed by atoms with van der Waals surface area (Å²) in [5.74, 6) is 1.44. The van der Waals surface area contributed by atoms with Crippen LogP contribution in [-0.2, 0) is 0 Å². The SMILES string of the molecule is CNCC1CCCN1C(=O)c1cccc(Oc2ccncc2)c1.Cl.Cl. The Labute approximate surface area is 160 Å². The number of carbonyl (C=O) groups is 1. The number of hydrogen-bond acceptors (Lipinski definition) is 4. The third-order valence-corrected chi connectivity index (χ3v) is 4.04. The van der Waals surface area contributed by atoms with E-state index in [9.17, 15) is 4.79 Å². The van der Waals surface area contributed by atoms with Gasteiger partial charge in [-0.05, 0) is 50.2 Å². The fourth-order valence-corrected chi connectivity index (χ4v) is 2.95. The maximum atomic E-state index is 12.8. The summed E-state index contributed by atoms with van der Waals surface area (Å²) in [7, 11) is 1.92. The second-order valence-corrected chi connectivity index (χ2v) is 5.67. The van der Waals surface area contributed by atoms with Gasteiger partial charge in [0.05, 0.1) is 0 Å². The molecule has 1 aromatic heterocycles. The van der Waals surface area contributed by atoms with Gasteiger partial charge < -0.3 is 15.0 Å². The number of benzene rings is 1. The van der Waals surface area contributed by atoms with E-state index >= 15 is 0 Å². The minimum atomic E-state index is 0. The van der Waals surface area contributed by atoms with Crippen LogP contribution >= 0.6 is 24.8 Å². The lowest BCUT2D eigenvalue weighted by atomic mass is 10.1. The average Bonchev–Trinajstić information content (AvgIpc) is 3.04. The van der Waals surface area contributed by atoms with Gasteiger partial charge in [-0.25, -0.2) is 0 Å². The number of ether oxygens (including phenoxy) is 1. The molecule has 1 unspecified atom stereocenters. The Bertz CT molecular complexity index is 670. The van der Waals surface area contributed by atoms with Gasteiger partial charge in [0, 0.05) is 37.1 Å². The molecule has 2 heterocycles. The summed E-state index contributed by atoms with van der Waals surface area (Å²) in [6, 6.07) is 11.2. The van der Waals surface area contributed by atoms with Crippen molar-refractivity contribution in [2.24, 2.45) is 0 Å². The van der Waals surface area contributed by atoms with E-state index in [1.807, 2.05) is 30.1 Å². The Hall–Kier alpha value is -1.82. The number of likely N-dealkylation sites (N-methyl/N-ethyl adjacent to an activating group) is 1. The quantitative estimate of drug-likeness (QED) is 0.857. The Morgan fingerprint density at radius 3 is 2.72 bits per heavy atom. The number of likely N-dealkylation sites (tertiary alicyclic amines) is 1. The molecule has 3 rings (SSSR count). The molecule has 1 saturated heterocycles. The molecule has 5 nitrogen and oxygen atoms in total. The number of nitrogens with one attached hydrogen (secondary N) is 1. The standard InChI is InChI=1S/C18H21N3O2.2ClH/c1-19-13-15-5-3-11-21(15)18(22)14-4-2-6-17(12-14)23-16-7-9-20-10-8-16;;/h2,4,6-10,12,15,19H,3,5,11,13H2,1H3;2*1H. The van der Waals surface area contributed by atoms with Crippen molar-refractivity contribution in [1.82, 2.24) is 15.2 Å². The highest BCUT2D eigenvalue weighted by molar-refractivity contribution is 5.95. The molecular formula is C18H23Cl2N3O2. The molecule has 1 aromatic carbocycles. The fraction of sp³-hybridized carbons (Fsp3) is 0.333. The van der Waals surface area contributed by atoms with Gasteiger partial charge >= 0.3 is 0 Å². The van der Waals surface area contributed by atoms with Crippen LogP contribution in [0, 0.1) is 0 Å². The zero-order valence-electron chi connectivity index (χ0n) is 14.1. The van der Waals surface area contributed by atoms with Crippen LogP contribution in [0.1, 0.15) is 23.2 Å². The number of rotatable bonds is 5. The number of nitrogens with zero attached hydrogens (tertiary/aromatic N) is 2. The number of amides is 1. The van der Waals surface area contributed by atoms with E-state index in [0.717, 1.165) is 25.9 Å². The Balaban J connectivity index is 0.00000156. The molecule has 7 heteroatoms. The second kappa shape index (κ2) is 10.2. The highest BCUT2D eigenvalue weighted by atomic mass is 35.5. The van der Waals surface area contributed by atoms with Crippen molar-refractivity contribution in [3.63, 3.8) is 0 Å². The summed E-state index contributed by atoms with van der Waals surface area (Å²) < 4.78 is 5.78. The lowest BCUT2D eigenvalue weighted by molar-refractivity contribution is 0.0736. The largest absolute Gasteiger partial charge is 0.457 e. The molecule has 1 fully saturated rings. The minimum Gasteiger partial charge on any atom is -0.457 e. The van der Waals surface area contributed by atoms with Crippen molar-refractivity contribution >= 4 is 30.7 Å². The van der Waals surface area contributed by atoms with Gasteiger partial charge in [0.25, 0.3) is 5.91 Å². The summed E-state index contributed by atoms with van der Waals surface area (Å²) in [5, 5.41) is 3.17. The lowest BCUT2D eigenvalue weighted by Gasteiger charge is -2.24. The molecule has 1 atom stereocenters. The van der Waals surface area contributed by atoms with Gasteiger partial charge in [-0.1, -0.05) is 6.07 Å². The number of hydrogen-bond donors (Lipinski definition) is 1. The Kier molecular flexibility index (Phi) is 8.69. The smallest absolute Gasteiger partial charge is 0.254 e. The maximum absolute atomic E-state index is 12.8. The first-order valence-corrected chi connectivity index (χ1v) is 7.91. The zero-order valence-corrected chi connectivity index (χ0v) is 15.7. The lowest BCUT2D eigenvalue weighted by Crippen LogP contribution is -2.40. The first-order valence-electron chi connectivity index (χ1n) is 7.91. The molecule has 25 heavy (non-hydrogen) atoms. The predicted octanol–water partition coefficient (Wildman–Crippen LogP) is 3.54. The van der Waals surface area contributed by atoms with Crippen LogP contribution < -0.4 is 10.1 Å². The van der Waals surface area contributed by atoms with Gasteiger partial charge in [-0.3, -0.25) is 9.78 Å². The molecule has 136 valence electrons. The Morgan fingerprint density at radius 2 is 2.00 bits per heavy atom. The summed E-state index contributed by atoms with van der Waals surface area (Å²) >= 11 is 0. The number of pyridine rings is 1. The van der Waals surface area contributed by atoms with Crippen LogP contribution in [0.3, 0.4) is 0 Å². The monoisotopic (exact) mass is 383 g/mol. The van der Waals surface area contributed by atoms with Crippen molar-refractivity contribution in [3.05, 3.63) is 54.4 Å². The van der Waals surface area contributed by atoms with Crippen molar-refractivity contribution in [1.29, 1.82) is 0 Å². The molecular weight excluding hydrogens is 361 g/mol. The molecule has 1 aliphatic rings. The highest BCUT2D eigenvalue weighted by Crippen LogP contribution is 2.24. The molecule has 1 aliphatic heterocycles. The molecule has 2 aromatic rings. The first-order chi connectivity index (χ1) is 11.3. The van der Waals surface area contributed by atoms with Crippen molar-refractivity contribution < 1.29 is 9.53 Å². The highest BCUT2D eigenvalue weighted by Gasteiger charge is 2.28. The average molecular weight is 384 g/mol. The maximum Gasteiger partial charge on any atom is 0.254 e. The van der Waals surface area contributed by atoms with E-state index in [1.165, 1.54) is 0 Å². The van der Waals surface area contributed by atoms with Crippen LogP contribution in [0.5, 0.6) is 11.5 Å². The molecule has 0 spiro atoms. The van der Waals surface area contributed by atoms with E-state index in [0.29, 0.717) is 17.1 Å². The van der Waals surface area contributed by atoms with Crippen LogP contribution in [0.15, 0.2) is 48.8 Å². The molecule has 1 N–H and O–H groups in total. The number of halogens is 2. The molecule has 0 saturated carbocycles. The zero-order chi connectivity index (χ0) is 16.1. The van der Waals surface area contributed by atoms with E-state index < -0.39 is 0 Å². The molecule has 0 radical (unpaired) electrons. The van der Waals surface area contributed by atoms with Crippen molar-refractivity contribution in [2.45, 2.75) is 18.9 Å². The van der Waals surface area contributed by atoms with Crippen LogP contribution in [0.4, 0.5) is 0 Å². The van der Waals surface area contributed by atoms with Crippen molar-refractivity contribution in [2.75, 3.05) is 20.1 Å². The molecule has 1 amide bonds. The summed E-state index contributed by atoms with van der Waals surface area (Å²) in [4.78, 5) is 18.7. The fourth-order valence-electron chi connectivity index (χ4n) is 2.95. The van der Waals surface area contributed by atoms with Gasteiger partial charge in [-0.2, -0.15) is 0 Å². The molecule has 0 aliphatic carbocycles. The van der Waals surface area contributed by atoms with Crippen LogP contribution in [0.2, 0.25) is 0 Å². The first kappa shape index (κ1) is 21.2. The number of carbonyl (C=O) groups excluding carboxylic acids is 1. The van der Waals surface area contributed by atoms with Crippen LogP contribution in [0.25, 0.3) is 0 Å². The summed E-state index contributed by atoms with van der Waals surface area (Å²) in [6.45, 7) is 1.65. The minimum absolute atomic E-state index is 0. The topological polar surface area (TPSA) is 54.5 Å². The third-order valence-electron chi connectivity index (χ3n) is 4.04. The van der Waals surface area contributed by atoms with Gasteiger partial charge in [-0.15, -0.1) is 24.8 Å². The van der Waals surface area contributed by atoms with E-state index in [4.69, 9.17) is 4.74 Å². The third kappa shape index (κ3) is 5.33. The van der Waals surface area contributed by atoms with Crippen LogP contribution in [-0.4, -0.2) is 42.0 Å². The van der Waals surface area contributed by atoms with Gasteiger partial charge in [0.15, 0.2) is 0 Å². The van der Waals surface area contributed by atoms with E-state index in [1.54, 1.807) is 30.6 Å². The Morgan fingerprint density at radius 1 is 1.24 bits per heavy atom. The van der Waals surface area contributed by atoms with Gasteiger partial charge in [0.2, 0.25) is 0 Å². The van der Waals surface area contributed by atoms with Gasteiger partial charge in [0.1, 0.15) is 11.5 Å². The summed E-state index contributed by atoms with van der Waals surface area (Å²) in [5.41, 5.74) is 0.666. The van der Waals surface area contributed by atoms with Crippen molar-refractivity contribution in [3.8, 4) is 11.5 Å².